The van der Waals surface area contributed by atoms with Crippen LogP contribution < -0.4 is 0 Å². The minimum Gasteiger partial charge on any atom is -0.402 e. The van der Waals surface area contributed by atoms with Crippen LogP contribution in [0.5, 0.6) is 0 Å². The Labute approximate surface area is 74.9 Å². The first kappa shape index (κ1) is 11.9. The van der Waals surface area contributed by atoms with Gasteiger partial charge in [-0.25, -0.2) is 0 Å². The van der Waals surface area contributed by atoms with Gasteiger partial charge in [-0.2, -0.15) is 0 Å². The predicted octanol–water partition coefficient (Wildman–Crippen LogP) is 1.19. The summed E-state index contributed by atoms with van der Waals surface area (Å²) in [4.78, 5) is 0. The van der Waals surface area contributed by atoms with Gasteiger partial charge in [0.1, 0.15) is 0 Å². The van der Waals surface area contributed by atoms with E-state index in [1.165, 1.54) is 12.8 Å². The monoisotopic (exact) mass is 174 g/mol. The number of hydrogen-bond acceptors (Lipinski definition) is 3. The Kier molecular flexibility index (Phi) is 7.55. The molecule has 0 aliphatic heterocycles. The molecule has 0 aromatic carbocycles. The average Bonchev–Trinajstić information content (AvgIpc) is 2.05. The minimum atomic E-state index is -1.61. The van der Waals surface area contributed by atoms with Crippen LogP contribution in [-0.2, 0) is 4.65 Å². The van der Waals surface area contributed by atoms with Crippen LogP contribution in [0.3, 0.4) is 0 Å². The molecule has 72 valence electrons. The standard InChI is InChI=1S/C8H19BO3/c1-3-5-6-8(4-2)7-12-9(10)11/h8,10-11H,3-7H2,1-2H3. The summed E-state index contributed by atoms with van der Waals surface area (Å²) in [7, 11) is -1.61. The van der Waals surface area contributed by atoms with Crippen molar-refractivity contribution in [2.24, 2.45) is 5.92 Å². The Bertz CT molecular complexity index is 98.3. The zero-order valence-electron chi connectivity index (χ0n) is 7.99. The Morgan fingerprint density at radius 3 is 2.42 bits per heavy atom. The van der Waals surface area contributed by atoms with Crippen molar-refractivity contribution in [3.8, 4) is 0 Å². The zero-order chi connectivity index (χ0) is 9.40. The van der Waals surface area contributed by atoms with E-state index in [4.69, 9.17) is 14.7 Å². The Balaban J connectivity index is 3.39. The van der Waals surface area contributed by atoms with Crippen molar-refractivity contribution < 1.29 is 14.7 Å². The van der Waals surface area contributed by atoms with Crippen LogP contribution in [0.2, 0.25) is 0 Å². The molecule has 12 heavy (non-hydrogen) atoms. The van der Waals surface area contributed by atoms with Crippen LogP contribution in [-0.4, -0.2) is 24.0 Å². The summed E-state index contributed by atoms with van der Waals surface area (Å²) in [6, 6.07) is 0. The lowest BCUT2D eigenvalue weighted by molar-refractivity contribution is 0.148. The molecule has 0 aromatic heterocycles. The highest BCUT2D eigenvalue weighted by Crippen LogP contribution is 2.12. The second-order valence-corrected chi connectivity index (χ2v) is 3.08. The molecule has 0 radical (unpaired) electrons. The first-order valence-corrected chi connectivity index (χ1v) is 4.68. The van der Waals surface area contributed by atoms with E-state index in [0.717, 1.165) is 12.8 Å². The maximum Gasteiger partial charge on any atom is 0.633 e. The lowest BCUT2D eigenvalue weighted by Gasteiger charge is -2.13. The first-order valence-electron chi connectivity index (χ1n) is 4.68. The van der Waals surface area contributed by atoms with Gasteiger partial charge in [0.25, 0.3) is 0 Å². The van der Waals surface area contributed by atoms with Crippen molar-refractivity contribution in [3.05, 3.63) is 0 Å². The Morgan fingerprint density at radius 2 is 2.00 bits per heavy atom. The molecular formula is C8H19BO3. The lowest BCUT2D eigenvalue weighted by atomic mass is 10.00. The fourth-order valence-corrected chi connectivity index (χ4v) is 1.12. The molecular weight excluding hydrogens is 155 g/mol. The third-order valence-electron chi connectivity index (χ3n) is 2.02. The number of unbranched alkanes of at least 4 members (excludes halogenated alkanes) is 1. The number of hydrogen-bond donors (Lipinski definition) is 2. The SMILES string of the molecule is CCCCC(CC)COB(O)O. The normalized spacial score (nSPS) is 13.0. The average molecular weight is 174 g/mol. The summed E-state index contributed by atoms with van der Waals surface area (Å²) >= 11 is 0. The molecule has 0 aliphatic rings. The molecule has 0 spiro atoms. The fourth-order valence-electron chi connectivity index (χ4n) is 1.12. The van der Waals surface area contributed by atoms with Crippen LogP contribution in [0, 0.1) is 5.92 Å². The van der Waals surface area contributed by atoms with Gasteiger partial charge >= 0.3 is 7.32 Å². The molecule has 0 bridgehead atoms. The fraction of sp³-hybridized carbons (Fsp3) is 1.00. The van der Waals surface area contributed by atoms with Gasteiger partial charge in [-0.05, 0) is 12.3 Å². The molecule has 0 saturated carbocycles. The molecule has 3 nitrogen and oxygen atoms in total. The van der Waals surface area contributed by atoms with E-state index in [1.807, 2.05) is 0 Å². The third-order valence-corrected chi connectivity index (χ3v) is 2.02. The summed E-state index contributed by atoms with van der Waals surface area (Å²) in [6.45, 7) is 4.69. The predicted molar refractivity (Wildman–Crippen MR) is 49.4 cm³/mol. The molecule has 1 unspecified atom stereocenters. The highest BCUT2D eigenvalue weighted by molar-refractivity contribution is 6.32. The molecule has 0 aliphatic carbocycles. The lowest BCUT2D eigenvalue weighted by Crippen LogP contribution is -2.21. The van der Waals surface area contributed by atoms with E-state index in [2.05, 4.69) is 13.8 Å². The van der Waals surface area contributed by atoms with Crippen LogP contribution >= 0.6 is 0 Å². The van der Waals surface area contributed by atoms with Gasteiger partial charge in [0.15, 0.2) is 0 Å². The summed E-state index contributed by atoms with van der Waals surface area (Å²) in [6.07, 6.45) is 4.51. The Hall–Kier alpha value is -0.0551. The summed E-state index contributed by atoms with van der Waals surface area (Å²) in [5.41, 5.74) is 0. The van der Waals surface area contributed by atoms with Gasteiger partial charge in [0.2, 0.25) is 0 Å². The van der Waals surface area contributed by atoms with Gasteiger partial charge in [0, 0.05) is 6.61 Å². The summed E-state index contributed by atoms with van der Waals surface area (Å²) < 4.78 is 4.70. The molecule has 0 amide bonds. The Morgan fingerprint density at radius 1 is 1.33 bits per heavy atom. The molecule has 0 fully saturated rings. The highest BCUT2D eigenvalue weighted by atomic mass is 16.6. The summed E-state index contributed by atoms with van der Waals surface area (Å²) in [5.74, 6) is 0.465. The second-order valence-electron chi connectivity index (χ2n) is 3.08. The molecule has 0 rings (SSSR count). The van der Waals surface area contributed by atoms with E-state index in [0.29, 0.717) is 12.5 Å². The first-order chi connectivity index (χ1) is 5.70. The highest BCUT2D eigenvalue weighted by Gasteiger charge is 2.12. The zero-order valence-corrected chi connectivity index (χ0v) is 7.99. The van der Waals surface area contributed by atoms with Gasteiger partial charge in [0.05, 0.1) is 0 Å². The maximum atomic E-state index is 8.46. The molecule has 0 aromatic rings. The van der Waals surface area contributed by atoms with Crippen molar-refractivity contribution in [1.82, 2.24) is 0 Å². The largest absolute Gasteiger partial charge is 0.633 e. The van der Waals surface area contributed by atoms with E-state index in [9.17, 15) is 0 Å². The van der Waals surface area contributed by atoms with Crippen LogP contribution in [0.4, 0.5) is 0 Å². The minimum absolute atomic E-state index is 0.453. The van der Waals surface area contributed by atoms with E-state index >= 15 is 0 Å². The van der Waals surface area contributed by atoms with E-state index < -0.39 is 7.32 Å². The van der Waals surface area contributed by atoms with Crippen molar-refractivity contribution >= 4 is 7.32 Å². The molecule has 2 N–H and O–H groups in total. The number of rotatable bonds is 7. The van der Waals surface area contributed by atoms with Crippen molar-refractivity contribution in [3.63, 3.8) is 0 Å². The quantitative estimate of drug-likeness (QED) is 0.570. The van der Waals surface area contributed by atoms with Gasteiger partial charge in [-0.1, -0.05) is 33.1 Å². The third kappa shape index (κ3) is 6.64. The van der Waals surface area contributed by atoms with Crippen LogP contribution in [0.25, 0.3) is 0 Å². The topological polar surface area (TPSA) is 49.7 Å². The van der Waals surface area contributed by atoms with Gasteiger partial charge in [-0.3, -0.25) is 0 Å². The maximum absolute atomic E-state index is 8.46. The summed E-state index contributed by atoms with van der Waals surface area (Å²) in [5, 5.41) is 16.9. The van der Waals surface area contributed by atoms with Crippen LogP contribution in [0.1, 0.15) is 39.5 Å². The van der Waals surface area contributed by atoms with Gasteiger partial charge in [-0.15, -0.1) is 0 Å². The van der Waals surface area contributed by atoms with Crippen molar-refractivity contribution in [1.29, 1.82) is 0 Å². The molecule has 4 heteroatoms. The van der Waals surface area contributed by atoms with Crippen molar-refractivity contribution in [2.45, 2.75) is 39.5 Å². The van der Waals surface area contributed by atoms with E-state index in [-0.39, 0.29) is 0 Å². The molecule has 0 heterocycles. The molecule has 0 saturated heterocycles. The molecule has 1 atom stereocenters. The van der Waals surface area contributed by atoms with E-state index in [1.54, 1.807) is 0 Å². The van der Waals surface area contributed by atoms with Crippen LogP contribution in [0.15, 0.2) is 0 Å². The van der Waals surface area contributed by atoms with Crippen molar-refractivity contribution in [2.75, 3.05) is 6.61 Å². The smallest absolute Gasteiger partial charge is 0.402 e. The second kappa shape index (κ2) is 7.59. The van der Waals surface area contributed by atoms with Gasteiger partial charge < -0.3 is 14.7 Å².